The average Bonchev–Trinajstić information content (AvgIpc) is 2.75. The van der Waals surface area contributed by atoms with E-state index in [0.29, 0.717) is 0 Å². The summed E-state index contributed by atoms with van der Waals surface area (Å²) in [5.41, 5.74) is 8.16. The Bertz CT molecular complexity index is 420. The second kappa shape index (κ2) is 5.47. The number of aromatic amines is 1. The summed E-state index contributed by atoms with van der Waals surface area (Å²) in [6.07, 6.45) is 6.14. The van der Waals surface area contributed by atoms with Gasteiger partial charge < -0.3 is 5.73 Å². The number of nitrogens with two attached hydrogens (primary N) is 1. The molecule has 0 spiro atoms. The zero-order chi connectivity index (χ0) is 11.2. The Balaban J connectivity index is 2.07. The lowest BCUT2D eigenvalue weighted by Crippen LogP contribution is -2.36. The lowest BCUT2D eigenvalue weighted by molar-refractivity contribution is -0.694. The van der Waals surface area contributed by atoms with Gasteiger partial charge in [0.2, 0.25) is 6.33 Å². The van der Waals surface area contributed by atoms with Gasteiger partial charge in [-0.1, -0.05) is 30.3 Å². The normalized spacial score (nSPS) is 10.6. The molecule has 0 radical (unpaired) electrons. The lowest BCUT2D eigenvalue weighted by atomic mass is 10.2. The Morgan fingerprint density at radius 2 is 2.00 bits per heavy atom. The minimum Gasteiger partial charge on any atom is -0.330 e. The van der Waals surface area contributed by atoms with Crippen molar-refractivity contribution < 1.29 is 4.57 Å². The van der Waals surface area contributed by atoms with E-state index in [-0.39, 0.29) is 0 Å². The highest BCUT2D eigenvalue weighted by atomic mass is 15.0. The third kappa shape index (κ3) is 2.70. The van der Waals surface area contributed by atoms with Gasteiger partial charge in [0, 0.05) is 6.42 Å². The summed E-state index contributed by atoms with van der Waals surface area (Å²) in [5.74, 6) is 0. The third-order valence-corrected chi connectivity index (χ3v) is 2.68. The van der Waals surface area contributed by atoms with Crippen LogP contribution < -0.4 is 10.3 Å². The number of hydrogen-bond acceptors (Lipinski definition) is 1. The van der Waals surface area contributed by atoms with E-state index in [1.54, 1.807) is 0 Å². The highest BCUT2D eigenvalue weighted by Gasteiger charge is 2.08. The van der Waals surface area contributed by atoms with Crippen LogP contribution in [0.3, 0.4) is 0 Å². The topological polar surface area (TPSA) is 45.7 Å². The fraction of sp³-hybridized carbons (Fsp3) is 0.308. The first-order chi connectivity index (χ1) is 7.90. The number of benzene rings is 1. The van der Waals surface area contributed by atoms with Crippen LogP contribution in [0.1, 0.15) is 17.7 Å². The van der Waals surface area contributed by atoms with Gasteiger partial charge in [0.15, 0.2) is 0 Å². The minimum absolute atomic E-state index is 0.747. The Morgan fingerprint density at radius 3 is 2.75 bits per heavy atom. The quantitative estimate of drug-likeness (QED) is 0.726. The van der Waals surface area contributed by atoms with E-state index in [2.05, 4.69) is 40.0 Å². The lowest BCUT2D eigenvalue weighted by Gasteiger charge is -2.01. The second-order valence-corrected chi connectivity index (χ2v) is 3.94. The number of aryl methyl sites for hydroxylation is 1. The first-order valence-corrected chi connectivity index (χ1v) is 5.69. The maximum absolute atomic E-state index is 5.53. The molecule has 2 rings (SSSR count). The summed E-state index contributed by atoms with van der Waals surface area (Å²) >= 11 is 0. The van der Waals surface area contributed by atoms with Crippen LogP contribution in [-0.4, -0.2) is 11.5 Å². The van der Waals surface area contributed by atoms with Gasteiger partial charge in [-0.25, -0.2) is 9.55 Å². The van der Waals surface area contributed by atoms with E-state index in [1.165, 1.54) is 11.3 Å². The molecule has 2 aromatic rings. The highest BCUT2D eigenvalue weighted by Crippen LogP contribution is 2.00. The molecule has 16 heavy (non-hydrogen) atoms. The molecule has 0 atom stereocenters. The molecule has 3 heteroatoms. The summed E-state index contributed by atoms with van der Waals surface area (Å²) in [5, 5.41) is 0. The molecule has 0 amide bonds. The van der Waals surface area contributed by atoms with Gasteiger partial charge in [-0.05, 0) is 18.5 Å². The van der Waals surface area contributed by atoms with Gasteiger partial charge in [-0.3, -0.25) is 0 Å². The van der Waals surface area contributed by atoms with Crippen molar-refractivity contribution in [2.24, 2.45) is 5.73 Å². The first-order valence-electron chi connectivity index (χ1n) is 5.69. The van der Waals surface area contributed by atoms with E-state index in [4.69, 9.17) is 5.73 Å². The van der Waals surface area contributed by atoms with Crippen LogP contribution in [0.5, 0.6) is 0 Å². The number of nitrogens with zero attached hydrogens (tertiary/aromatic N) is 1. The van der Waals surface area contributed by atoms with Gasteiger partial charge >= 0.3 is 0 Å². The van der Waals surface area contributed by atoms with Gasteiger partial charge in [0.1, 0.15) is 18.4 Å². The van der Waals surface area contributed by atoms with Crippen molar-refractivity contribution in [1.82, 2.24) is 4.98 Å². The Morgan fingerprint density at radius 1 is 1.19 bits per heavy atom. The van der Waals surface area contributed by atoms with E-state index in [1.807, 2.05) is 12.4 Å². The number of imidazole rings is 1. The van der Waals surface area contributed by atoms with Gasteiger partial charge in [0.05, 0.1) is 0 Å². The number of hydrogen-bond donors (Lipinski definition) is 2. The van der Waals surface area contributed by atoms with Crippen molar-refractivity contribution in [2.45, 2.75) is 19.4 Å². The molecule has 0 fully saturated rings. The minimum atomic E-state index is 0.747. The summed E-state index contributed by atoms with van der Waals surface area (Å²) in [7, 11) is 0. The first kappa shape index (κ1) is 10.9. The molecule has 0 unspecified atom stereocenters. The summed E-state index contributed by atoms with van der Waals surface area (Å²) in [4.78, 5) is 3.15. The summed E-state index contributed by atoms with van der Waals surface area (Å²) in [6.45, 7) is 1.67. The van der Waals surface area contributed by atoms with Gasteiger partial charge in [0.25, 0.3) is 0 Å². The summed E-state index contributed by atoms with van der Waals surface area (Å²) < 4.78 is 2.24. The number of nitrogens with one attached hydrogen (secondary N) is 1. The highest BCUT2D eigenvalue weighted by molar-refractivity contribution is 5.13. The molecule has 84 valence electrons. The molecule has 1 aromatic heterocycles. The second-order valence-electron chi connectivity index (χ2n) is 3.94. The van der Waals surface area contributed by atoms with Crippen molar-refractivity contribution in [3.8, 4) is 0 Å². The van der Waals surface area contributed by atoms with Crippen molar-refractivity contribution in [1.29, 1.82) is 0 Å². The molecule has 0 saturated heterocycles. The van der Waals surface area contributed by atoms with E-state index >= 15 is 0 Å². The van der Waals surface area contributed by atoms with Crippen LogP contribution in [0.15, 0.2) is 42.9 Å². The standard InChI is InChI=1S/C13H17N3/c14-8-4-7-13-9-15-11-16(13)10-12-5-2-1-3-6-12/h1-3,5-6,9,11H,4,7-8,10,14H2/p+1. The molecular weight excluding hydrogens is 198 g/mol. The Hall–Kier alpha value is -1.61. The predicted molar refractivity (Wildman–Crippen MR) is 63.9 cm³/mol. The molecule has 3 nitrogen and oxygen atoms in total. The molecule has 0 aliphatic heterocycles. The molecule has 0 bridgehead atoms. The maximum Gasteiger partial charge on any atom is 0.242 e. The number of aromatic nitrogens is 2. The van der Waals surface area contributed by atoms with E-state index in [9.17, 15) is 0 Å². The third-order valence-electron chi connectivity index (χ3n) is 2.68. The fourth-order valence-corrected chi connectivity index (χ4v) is 1.82. The molecule has 1 heterocycles. The maximum atomic E-state index is 5.53. The Kier molecular flexibility index (Phi) is 3.72. The molecule has 3 N–H and O–H groups in total. The molecule has 0 saturated carbocycles. The largest absolute Gasteiger partial charge is 0.330 e. The molecule has 0 aliphatic rings. The van der Waals surface area contributed by atoms with Crippen molar-refractivity contribution in [2.75, 3.05) is 6.54 Å². The van der Waals surface area contributed by atoms with Crippen LogP contribution in [0.25, 0.3) is 0 Å². The van der Waals surface area contributed by atoms with Crippen LogP contribution in [-0.2, 0) is 13.0 Å². The zero-order valence-corrected chi connectivity index (χ0v) is 9.39. The van der Waals surface area contributed by atoms with Crippen molar-refractivity contribution in [3.05, 3.63) is 54.1 Å². The number of rotatable bonds is 5. The zero-order valence-electron chi connectivity index (χ0n) is 9.39. The monoisotopic (exact) mass is 216 g/mol. The number of H-pyrrole nitrogens is 1. The van der Waals surface area contributed by atoms with Gasteiger partial charge in [-0.15, -0.1) is 0 Å². The SMILES string of the molecule is NCCCc1c[nH]c[n+]1Cc1ccccc1. The van der Waals surface area contributed by atoms with Crippen LogP contribution in [0.4, 0.5) is 0 Å². The van der Waals surface area contributed by atoms with Crippen LogP contribution in [0, 0.1) is 0 Å². The van der Waals surface area contributed by atoms with Crippen molar-refractivity contribution in [3.63, 3.8) is 0 Å². The van der Waals surface area contributed by atoms with Crippen molar-refractivity contribution >= 4 is 0 Å². The van der Waals surface area contributed by atoms with Gasteiger partial charge in [-0.2, -0.15) is 0 Å². The van der Waals surface area contributed by atoms with Crippen LogP contribution >= 0.6 is 0 Å². The average molecular weight is 216 g/mol. The molecule has 1 aromatic carbocycles. The summed E-state index contributed by atoms with van der Waals surface area (Å²) in [6, 6.07) is 10.5. The smallest absolute Gasteiger partial charge is 0.242 e. The fourth-order valence-electron chi connectivity index (χ4n) is 1.82. The van der Waals surface area contributed by atoms with E-state index < -0.39 is 0 Å². The predicted octanol–water partition coefficient (Wildman–Crippen LogP) is 1.24. The Labute approximate surface area is 95.9 Å². The van der Waals surface area contributed by atoms with E-state index in [0.717, 1.165) is 25.9 Å². The van der Waals surface area contributed by atoms with Crippen LogP contribution in [0.2, 0.25) is 0 Å². The molecular formula is C13H18N3+. The molecule has 0 aliphatic carbocycles.